The average Bonchev–Trinajstić information content (AvgIpc) is 2.28. The van der Waals surface area contributed by atoms with Crippen LogP contribution in [0.4, 0.5) is 5.69 Å². The van der Waals surface area contributed by atoms with Gasteiger partial charge < -0.3 is 10.1 Å². The van der Waals surface area contributed by atoms with Crippen molar-refractivity contribution in [3.63, 3.8) is 0 Å². The molecule has 0 aliphatic rings. The van der Waals surface area contributed by atoms with E-state index in [2.05, 4.69) is 11.9 Å². The molecule has 0 radical (unpaired) electrons. The maximum atomic E-state index is 10.6. The predicted molar refractivity (Wildman–Crippen MR) is 66.7 cm³/mol. The van der Waals surface area contributed by atoms with Crippen molar-refractivity contribution in [2.75, 3.05) is 20.2 Å². The zero-order valence-corrected chi connectivity index (χ0v) is 10.2. The summed E-state index contributed by atoms with van der Waals surface area (Å²) in [5.74, 6) is 0.290. The second kappa shape index (κ2) is 6.22. The summed E-state index contributed by atoms with van der Waals surface area (Å²) < 4.78 is 5.37. The Morgan fingerprint density at radius 2 is 2.35 bits per heavy atom. The maximum absolute atomic E-state index is 10.6. The highest BCUT2D eigenvalue weighted by Gasteiger charge is 2.10. The van der Waals surface area contributed by atoms with E-state index < -0.39 is 4.92 Å². The highest BCUT2D eigenvalue weighted by Crippen LogP contribution is 2.28. The Hall–Kier alpha value is -1.59. The Bertz CT molecular complexity index is 435. The lowest BCUT2D eigenvalue weighted by molar-refractivity contribution is -0.384. The van der Waals surface area contributed by atoms with Gasteiger partial charge in [0.15, 0.2) is 0 Å². The van der Waals surface area contributed by atoms with Gasteiger partial charge in [-0.1, -0.05) is 18.2 Å². The molecule has 0 bridgehead atoms. The number of hydrogen-bond donors (Lipinski definition) is 1. The number of nitrogens with zero attached hydrogens (tertiary/aromatic N) is 1. The van der Waals surface area contributed by atoms with Crippen LogP contribution >= 0.6 is 11.6 Å². The number of hydrogen-bond acceptors (Lipinski definition) is 4. The number of benzene rings is 1. The van der Waals surface area contributed by atoms with E-state index in [9.17, 15) is 10.1 Å². The average molecular weight is 257 g/mol. The molecule has 92 valence electrons. The number of non-ortho nitro benzene ring substituents is 1. The minimum Gasteiger partial charge on any atom is -0.487 e. The van der Waals surface area contributed by atoms with E-state index >= 15 is 0 Å². The van der Waals surface area contributed by atoms with E-state index in [1.165, 1.54) is 18.2 Å². The monoisotopic (exact) mass is 256 g/mol. The minimum atomic E-state index is -0.494. The predicted octanol–water partition coefficient (Wildman–Crippen LogP) is 2.40. The molecular formula is C11H13ClN2O3. The van der Waals surface area contributed by atoms with Gasteiger partial charge >= 0.3 is 0 Å². The lowest BCUT2D eigenvalue weighted by Gasteiger charge is -2.09. The van der Waals surface area contributed by atoms with Crippen molar-refractivity contribution in [1.29, 1.82) is 0 Å². The molecule has 0 amide bonds. The van der Waals surface area contributed by atoms with Crippen LogP contribution in [0, 0.1) is 10.1 Å². The van der Waals surface area contributed by atoms with E-state index in [0.717, 1.165) is 5.57 Å². The summed E-state index contributed by atoms with van der Waals surface area (Å²) in [7, 11) is 1.80. The molecule has 0 saturated heterocycles. The van der Waals surface area contributed by atoms with Gasteiger partial charge in [0.25, 0.3) is 5.69 Å². The fraction of sp³-hybridized carbons (Fsp3) is 0.273. The molecule has 17 heavy (non-hydrogen) atoms. The lowest BCUT2D eigenvalue weighted by atomic mass is 10.3. The summed E-state index contributed by atoms with van der Waals surface area (Å²) in [5, 5.41) is 13.9. The molecule has 0 saturated carbocycles. The summed E-state index contributed by atoms with van der Waals surface area (Å²) in [6, 6.07) is 4.07. The third-order valence-corrected chi connectivity index (χ3v) is 2.30. The van der Waals surface area contributed by atoms with Crippen LogP contribution in [0.25, 0.3) is 0 Å². The van der Waals surface area contributed by atoms with Gasteiger partial charge in [0, 0.05) is 12.6 Å². The van der Waals surface area contributed by atoms with Crippen molar-refractivity contribution in [3.8, 4) is 5.75 Å². The van der Waals surface area contributed by atoms with Gasteiger partial charge in [-0.05, 0) is 18.7 Å². The summed E-state index contributed by atoms with van der Waals surface area (Å²) in [6.07, 6.45) is 0. The molecule has 1 N–H and O–H groups in total. The quantitative estimate of drug-likeness (QED) is 0.482. The first-order valence-corrected chi connectivity index (χ1v) is 5.30. The number of nitro benzene ring substituents is 1. The molecule has 0 unspecified atom stereocenters. The Kier molecular flexibility index (Phi) is 4.93. The van der Waals surface area contributed by atoms with E-state index in [0.29, 0.717) is 11.6 Å². The largest absolute Gasteiger partial charge is 0.487 e. The first-order valence-electron chi connectivity index (χ1n) is 4.92. The van der Waals surface area contributed by atoms with Gasteiger partial charge in [-0.3, -0.25) is 10.1 Å². The Labute approximate surface area is 104 Å². The molecule has 0 spiro atoms. The lowest BCUT2D eigenvalue weighted by Crippen LogP contribution is -2.14. The second-order valence-electron chi connectivity index (χ2n) is 3.44. The topological polar surface area (TPSA) is 64.4 Å². The van der Waals surface area contributed by atoms with Gasteiger partial charge in [-0.25, -0.2) is 0 Å². The first kappa shape index (κ1) is 13.5. The van der Waals surface area contributed by atoms with Crippen molar-refractivity contribution in [2.24, 2.45) is 0 Å². The van der Waals surface area contributed by atoms with Crippen molar-refractivity contribution in [2.45, 2.75) is 0 Å². The molecule has 0 atom stereocenters. The standard InChI is InChI=1S/C11H13ClN2O3/c1-8(6-13-2)7-17-11-5-9(14(15)16)3-4-10(11)12/h3-5,13H,1,6-7H2,2H3. The van der Waals surface area contributed by atoms with Crippen molar-refractivity contribution in [3.05, 3.63) is 45.5 Å². The van der Waals surface area contributed by atoms with Crippen LogP contribution in [-0.4, -0.2) is 25.1 Å². The molecule has 1 rings (SSSR count). The number of rotatable bonds is 6. The van der Waals surface area contributed by atoms with Crippen LogP contribution in [0.15, 0.2) is 30.4 Å². The maximum Gasteiger partial charge on any atom is 0.273 e. The summed E-state index contributed by atoms with van der Waals surface area (Å²) in [5.41, 5.74) is 0.777. The first-order chi connectivity index (χ1) is 8.04. The van der Waals surface area contributed by atoms with Crippen molar-refractivity contribution < 1.29 is 9.66 Å². The van der Waals surface area contributed by atoms with Crippen LogP contribution in [0.1, 0.15) is 0 Å². The van der Waals surface area contributed by atoms with Gasteiger partial charge in [0.05, 0.1) is 16.0 Å². The summed E-state index contributed by atoms with van der Waals surface area (Å²) in [4.78, 5) is 10.1. The van der Waals surface area contributed by atoms with Gasteiger partial charge in [0.1, 0.15) is 12.4 Å². The number of likely N-dealkylation sites (N-methyl/N-ethyl adjacent to an activating group) is 1. The van der Waals surface area contributed by atoms with Gasteiger partial charge in [0.2, 0.25) is 0 Å². The van der Waals surface area contributed by atoms with Crippen LogP contribution in [0.5, 0.6) is 5.75 Å². The van der Waals surface area contributed by atoms with E-state index in [1.54, 1.807) is 7.05 Å². The highest BCUT2D eigenvalue weighted by molar-refractivity contribution is 6.32. The van der Waals surface area contributed by atoms with Crippen molar-refractivity contribution in [1.82, 2.24) is 5.32 Å². The highest BCUT2D eigenvalue weighted by atomic mass is 35.5. The van der Waals surface area contributed by atoms with Crippen LogP contribution < -0.4 is 10.1 Å². The third kappa shape index (κ3) is 4.05. The normalized spacial score (nSPS) is 10.0. The van der Waals surface area contributed by atoms with E-state index in [4.69, 9.17) is 16.3 Å². The Balaban J connectivity index is 2.73. The third-order valence-electron chi connectivity index (χ3n) is 1.98. The zero-order valence-electron chi connectivity index (χ0n) is 9.40. The van der Waals surface area contributed by atoms with Crippen LogP contribution in [-0.2, 0) is 0 Å². The molecule has 6 heteroatoms. The molecule has 0 fully saturated rings. The molecule has 0 aromatic heterocycles. The SMILES string of the molecule is C=C(CNC)COc1cc([N+](=O)[O-])ccc1Cl. The molecule has 1 aromatic carbocycles. The molecular weight excluding hydrogens is 244 g/mol. The summed E-state index contributed by atoms with van der Waals surface area (Å²) >= 11 is 5.87. The fourth-order valence-electron chi connectivity index (χ4n) is 1.20. The zero-order chi connectivity index (χ0) is 12.8. The van der Waals surface area contributed by atoms with Crippen molar-refractivity contribution >= 4 is 17.3 Å². The molecule has 0 aliphatic heterocycles. The molecule has 0 aliphatic carbocycles. The van der Waals surface area contributed by atoms with Crippen LogP contribution in [0.3, 0.4) is 0 Å². The van der Waals surface area contributed by atoms with E-state index in [-0.39, 0.29) is 18.0 Å². The van der Waals surface area contributed by atoms with E-state index in [1.807, 2.05) is 0 Å². The Morgan fingerprint density at radius 3 is 2.94 bits per heavy atom. The number of halogens is 1. The smallest absolute Gasteiger partial charge is 0.273 e. The number of nitro groups is 1. The molecule has 1 aromatic rings. The minimum absolute atomic E-state index is 0.0522. The van der Waals surface area contributed by atoms with Gasteiger partial charge in [-0.2, -0.15) is 0 Å². The molecule has 5 nitrogen and oxygen atoms in total. The van der Waals surface area contributed by atoms with Gasteiger partial charge in [-0.15, -0.1) is 0 Å². The molecule has 0 heterocycles. The number of nitrogens with one attached hydrogen (secondary N) is 1. The fourth-order valence-corrected chi connectivity index (χ4v) is 1.37. The number of ether oxygens (including phenoxy) is 1. The second-order valence-corrected chi connectivity index (χ2v) is 3.85. The Morgan fingerprint density at radius 1 is 1.65 bits per heavy atom. The summed E-state index contributed by atoms with van der Waals surface area (Å²) in [6.45, 7) is 4.67. The van der Waals surface area contributed by atoms with Crippen LogP contribution in [0.2, 0.25) is 5.02 Å².